The van der Waals surface area contributed by atoms with Crippen molar-refractivity contribution in [3.63, 3.8) is 0 Å². The minimum Gasteiger partial charge on any atom is -0.382 e. The molecule has 3 saturated heterocycles. The van der Waals surface area contributed by atoms with Gasteiger partial charge in [-0.3, -0.25) is 48.7 Å². The molecule has 0 saturated carbocycles. The maximum Gasteiger partial charge on any atom is 0.501 e. The van der Waals surface area contributed by atoms with Gasteiger partial charge in [0.05, 0.1) is 30.0 Å². The van der Waals surface area contributed by atoms with Gasteiger partial charge in [-0.25, -0.2) is 8.42 Å². The number of amides is 5. The number of imide groups is 2. The van der Waals surface area contributed by atoms with E-state index in [0.717, 1.165) is 105 Å². The molecule has 0 radical (unpaired) electrons. The number of carbonyl (C=O) groups excluding carboxylic acids is 5. The summed E-state index contributed by atoms with van der Waals surface area (Å²) in [5.41, 5.74) is 0.730. The van der Waals surface area contributed by atoms with Crippen molar-refractivity contribution in [1.82, 2.24) is 29.6 Å². The van der Waals surface area contributed by atoms with E-state index in [-0.39, 0.29) is 40.0 Å². The number of halogens is 4. The highest BCUT2D eigenvalue weighted by Gasteiger charge is 2.49. The number of anilines is 3. The maximum atomic E-state index is 14.6. The minimum absolute atomic E-state index is 0.0278. The predicted octanol–water partition coefficient (Wildman–Crippen LogP) is 10.3. The van der Waals surface area contributed by atoms with Crippen LogP contribution < -0.4 is 25.6 Å². The van der Waals surface area contributed by atoms with Crippen molar-refractivity contribution < 1.29 is 50.3 Å². The van der Waals surface area contributed by atoms with E-state index in [4.69, 9.17) is 16.3 Å². The Morgan fingerprint density at radius 2 is 1.52 bits per heavy atom. The second kappa shape index (κ2) is 29.4. The fraction of sp³-hybridized carbons (Fsp3) is 0.424. The number of rotatable bonds is 24. The summed E-state index contributed by atoms with van der Waals surface area (Å²) in [6.07, 6.45) is 3.79. The third kappa shape index (κ3) is 16.2. The van der Waals surface area contributed by atoms with E-state index in [2.05, 4.69) is 66.3 Å². The average Bonchev–Trinajstić information content (AvgIpc) is 1.91. The van der Waals surface area contributed by atoms with Crippen LogP contribution in [0.15, 0.2) is 136 Å². The van der Waals surface area contributed by atoms with Crippen LogP contribution in [-0.2, 0) is 24.2 Å². The van der Waals surface area contributed by atoms with Gasteiger partial charge >= 0.3 is 5.51 Å². The SMILES string of the molecule is C/C=S(/NC(=O)c1ccc(N2CCN(CC3=C(c4ccc(Cl)cc4)CCC(C)(C)C3)CC2)cc1)c1ccc(N[C@H](CCN2CCN(CCOCCNc3cccc4c3C(=O)N(C3CCC(=O)NC3=O)C4=O)CC2)CSc2ccccc2)c(S(=O)(=O)C(F)(F)F)c1. The molecule has 17 nitrogen and oxygen atoms in total. The Hall–Kier alpha value is -6.57. The van der Waals surface area contributed by atoms with E-state index >= 15 is 0 Å². The van der Waals surface area contributed by atoms with Crippen molar-refractivity contribution in [1.29, 1.82) is 0 Å². The number of nitrogens with zero attached hydrogens (tertiary/aromatic N) is 5. The molecule has 4 N–H and O–H groups in total. The molecule has 5 aromatic rings. The van der Waals surface area contributed by atoms with Crippen LogP contribution >= 0.6 is 34.0 Å². The molecule has 3 atom stereocenters. The molecule has 24 heteroatoms. The third-order valence-electron chi connectivity index (χ3n) is 17.3. The van der Waals surface area contributed by atoms with Crippen LogP contribution in [0.4, 0.5) is 30.2 Å². The largest absolute Gasteiger partial charge is 0.501 e. The van der Waals surface area contributed by atoms with Crippen molar-refractivity contribution in [3.05, 3.63) is 148 Å². The second-order valence-electron chi connectivity index (χ2n) is 24.0. The van der Waals surface area contributed by atoms with E-state index in [1.165, 1.54) is 34.5 Å². The van der Waals surface area contributed by atoms with Gasteiger partial charge < -0.3 is 25.2 Å². The molecular weight excluding hydrogens is 1240 g/mol. The van der Waals surface area contributed by atoms with Crippen LogP contribution in [0.25, 0.3) is 5.57 Å². The van der Waals surface area contributed by atoms with Crippen LogP contribution in [0.3, 0.4) is 0 Å². The Balaban J connectivity index is 0.717. The molecule has 0 spiro atoms. The van der Waals surface area contributed by atoms with Gasteiger partial charge in [-0.05, 0) is 140 Å². The molecule has 0 bridgehead atoms. The van der Waals surface area contributed by atoms with Gasteiger partial charge in [-0.1, -0.05) is 78.1 Å². The number of hydrogen-bond acceptors (Lipinski definition) is 15. The summed E-state index contributed by atoms with van der Waals surface area (Å²) in [7, 11) is -7.16. The molecular formula is C66H77ClF3N9O8S3. The lowest BCUT2D eigenvalue weighted by Crippen LogP contribution is -2.54. The number of carbonyl (C=O) groups is 5. The van der Waals surface area contributed by atoms with E-state index < -0.39 is 72.5 Å². The number of hydrogen-bond donors (Lipinski definition) is 4. The summed E-state index contributed by atoms with van der Waals surface area (Å²) in [5, 5.41) is 11.0. The molecule has 4 heterocycles. The second-order valence-corrected chi connectivity index (χ2v) is 29.3. The molecule has 5 amide bonds. The Morgan fingerprint density at radius 1 is 0.822 bits per heavy atom. The first-order chi connectivity index (χ1) is 43.1. The molecule has 2 unspecified atom stereocenters. The molecule has 1 aliphatic carbocycles. The summed E-state index contributed by atoms with van der Waals surface area (Å²) < 4.78 is 79.8. The smallest absolute Gasteiger partial charge is 0.382 e. The Kier molecular flexibility index (Phi) is 21.7. The Morgan fingerprint density at radius 3 is 2.21 bits per heavy atom. The highest BCUT2D eigenvalue weighted by Crippen LogP contribution is 2.44. The highest BCUT2D eigenvalue weighted by molar-refractivity contribution is 8.13. The quantitative estimate of drug-likeness (QED) is 0.0197. The monoisotopic (exact) mass is 1310 g/mol. The van der Waals surface area contributed by atoms with Gasteiger partial charge in [0.25, 0.3) is 27.6 Å². The van der Waals surface area contributed by atoms with Crippen molar-refractivity contribution in [2.45, 2.75) is 91.6 Å². The number of fused-ring (bicyclic) bond motifs is 1. The number of nitrogens with one attached hydrogen (secondary N) is 4. The molecule has 480 valence electrons. The van der Waals surface area contributed by atoms with Crippen molar-refractivity contribution in [3.8, 4) is 0 Å². The summed E-state index contributed by atoms with van der Waals surface area (Å²) in [4.78, 5) is 75.4. The first kappa shape index (κ1) is 66.4. The number of benzene rings is 5. The summed E-state index contributed by atoms with van der Waals surface area (Å²) >= 11 is 7.75. The standard InChI is InChI=1S/C66H77ClF3N9O8S3/c1-4-89(74-61(81)46-15-19-50(20-16-46)78-36-34-77(35-37-78)43-47-42-65(2,3)27-25-53(47)45-13-17-48(67)18-14-45)52-21-22-55(58(41-52)90(85,86)66(68,69)70)72-49(44-88-51-9-6-5-7-10-51)26-29-75-30-32-76(33-31-75)38-40-87-39-28-71-56-12-8-11-54-60(56)64(84)79(63(54)83)57-23-24-59(80)73-62(57)82/h4-22,41,49,57,71-72H,23-40,42-44H2,1-3H3,(H,74,81)(H,73,80,82)/t49-,57?,89?/m1/s1. The zero-order chi connectivity index (χ0) is 63.7. The summed E-state index contributed by atoms with van der Waals surface area (Å²) in [5.74, 6) is -2.33. The number of thioether (sulfide) groups is 1. The molecule has 5 aromatic carbocycles. The van der Waals surface area contributed by atoms with E-state index in [0.29, 0.717) is 56.3 Å². The fourth-order valence-electron chi connectivity index (χ4n) is 12.3. The van der Waals surface area contributed by atoms with E-state index in [1.54, 1.807) is 48.7 Å². The van der Waals surface area contributed by atoms with Crippen LogP contribution in [0, 0.1) is 5.41 Å². The first-order valence-corrected chi connectivity index (χ1v) is 34.7. The minimum atomic E-state index is -5.87. The van der Waals surface area contributed by atoms with E-state index in [1.807, 2.05) is 54.6 Å². The van der Waals surface area contributed by atoms with Gasteiger partial charge in [0, 0.05) is 129 Å². The van der Waals surface area contributed by atoms with Gasteiger partial charge in [-0.2, -0.15) is 13.2 Å². The molecule has 4 aliphatic heterocycles. The van der Waals surface area contributed by atoms with Gasteiger partial charge in [0.1, 0.15) is 10.9 Å². The van der Waals surface area contributed by atoms with Crippen LogP contribution in [0.5, 0.6) is 0 Å². The van der Waals surface area contributed by atoms with E-state index in [9.17, 15) is 45.6 Å². The number of ether oxygens (including phenoxy) is 1. The highest BCUT2D eigenvalue weighted by atomic mass is 35.5. The summed E-state index contributed by atoms with van der Waals surface area (Å²) in [6, 6.07) is 32.4. The maximum absolute atomic E-state index is 14.6. The zero-order valence-corrected chi connectivity index (χ0v) is 54.0. The fourth-order valence-corrected chi connectivity index (χ4v) is 15.7. The zero-order valence-electron chi connectivity index (χ0n) is 50.8. The van der Waals surface area contributed by atoms with Crippen molar-refractivity contribution >= 4 is 101 Å². The van der Waals surface area contributed by atoms with Gasteiger partial charge in [0.15, 0.2) is 0 Å². The number of piperidine rings is 1. The predicted molar refractivity (Wildman–Crippen MR) is 350 cm³/mol. The third-order valence-corrected chi connectivity index (χ3v) is 21.9. The summed E-state index contributed by atoms with van der Waals surface area (Å²) in [6.45, 7) is 15.9. The Labute approximate surface area is 536 Å². The Bertz CT molecular complexity index is 3620. The lowest BCUT2D eigenvalue weighted by molar-refractivity contribution is -0.136. The number of piperazine rings is 2. The number of sulfone groups is 1. The normalized spacial score (nSPS) is 19.4. The van der Waals surface area contributed by atoms with Crippen LogP contribution in [-0.4, -0.2) is 178 Å². The van der Waals surface area contributed by atoms with Crippen LogP contribution in [0.1, 0.15) is 95.9 Å². The number of allylic oxidation sites excluding steroid dienone is 1. The first-order valence-electron chi connectivity index (χ1n) is 30.5. The molecule has 5 aliphatic rings. The lowest BCUT2D eigenvalue weighted by Gasteiger charge is -2.39. The van der Waals surface area contributed by atoms with Crippen molar-refractivity contribution in [2.75, 3.05) is 113 Å². The lowest BCUT2D eigenvalue weighted by atomic mass is 9.73. The molecule has 3 fully saturated rings. The topological polar surface area (TPSA) is 193 Å². The molecule has 10 rings (SSSR count). The van der Waals surface area contributed by atoms with Gasteiger partial charge in [0.2, 0.25) is 11.8 Å². The number of alkyl halides is 3. The van der Waals surface area contributed by atoms with Gasteiger partial charge in [-0.15, -0.1) is 11.8 Å². The average molecular weight is 1310 g/mol. The molecule has 90 heavy (non-hydrogen) atoms. The van der Waals surface area contributed by atoms with Crippen LogP contribution in [0.2, 0.25) is 5.02 Å². The van der Waals surface area contributed by atoms with Crippen molar-refractivity contribution in [2.24, 2.45) is 5.41 Å². The molecule has 0 aromatic heterocycles.